The van der Waals surface area contributed by atoms with Gasteiger partial charge in [-0.05, 0) is 48.6 Å². The van der Waals surface area contributed by atoms with Gasteiger partial charge in [0.15, 0.2) is 5.69 Å². The Balaban J connectivity index is 1.60. The Bertz CT molecular complexity index is 1120. The maximum Gasteiger partial charge on any atom is 0.272 e. The molecule has 29 heavy (non-hydrogen) atoms. The molecule has 0 saturated heterocycles. The van der Waals surface area contributed by atoms with Crippen LogP contribution < -0.4 is 10.6 Å². The van der Waals surface area contributed by atoms with E-state index in [1.165, 1.54) is 11.3 Å². The Hall–Kier alpha value is -3.39. The van der Waals surface area contributed by atoms with E-state index in [0.29, 0.717) is 11.6 Å². The first-order valence-corrected chi connectivity index (χ1v) is 10.1. The predicted molar refractivity (Wildman–Crippen MR) is 114 cm³/mol. The first kappa shape index (κ1) is 18.9. The lowest BCUT2D eigenvalue weighted by atomic mass is 10.1. The average molecular weight is 404 g/mol. The summed E-state index contributed by atoms with van der Waals surface area (Å²) in [6.45, 7) is 3.92. The molecule has 0 spiro atoms. The largest absolute Gasteiger partial charge is 0.348 e. The van der Waals surface area contributed by atoms with Crippen LogP contribution in [0.3, 0.4) is 0 Å². The van der Waals surface area contributed by atoms with Crippen LogP contribution >= 0.6 is 11.3 Å². The smallest absolute Gasteiger partial charge is 0.272 e. The molecule has 0 aliphatic heterocycles. The molecule has 0 radical (unpaired) electrons. The number of hydrogen-bond acceptors (Lipinski definition) is 7. The van der Waals surface area contributed by atoms with E-state index in [2.05, 4.69) is 30.6 Å². The fourth-order valence-electron chi connectivity index (χ4n) is 2.97. The number of thiophene rings is 1. The molecule has 0 fully saturated rings. The molecular formula is C21H20N6OS. The van der Waals surface area contributed by atoms with Gasteiger partial charge in [0, 0.05) is 24.8 Å². The summed E-state index contributed by atoms with van der Waals surface area (Å²) >= 11 is 1.45. The highest BCUT2D eigenvalue weighted by Gasteiger charge is 2.19. The Morgan fingerprint density at radius 3 is 2.31 bits per heavy atom. The number of anilines is 1. The van der Waals surface area contributed by atoms with Gasteiger partial charge in [-0.25, -0.2) is 9.97 Å². The normalized spacial score (nSPS) is 13.0. The Morgan fingerprint density at radius 1 is 0.966 bits per heavy atom. The molecule has 0 aliphatic rings. The zero-order chi connectivity index (χ0) is 20.2. The molecule has 4 aromatic heterocycles. The van der Waals surface area contributed by atoms with Crippen molar-refractivity contribution in [2.75, 3.05) is 5.32 Å². The molecule has 0 aliphatic carbocycles. The summed E-state index contributed by atoms with van der Waals surface area (Å²) in [5.74, 6) is 0.166. The first-order valence-electron chi connectivity index (χ1n) is 9.24. The van der Waals surface area contributed by atoms with Crippen LogP contribution in [0.1, 0.15) is 47.5 Å². The van der Waals surface area contributed by atoms with Crippen molar-refractivity contribution >= 4 is 33.4 Å². The van der Waals surface area contributed by atoms with Crippen LogP contribution in [-0.4, -0.2) is 25.8 Å². The second-order valence-corrected chi connectivity index (χ2v) is 7.58. The molecule has 2 N–H and O–H groups in total. The lowest BCUT2D eigenvalue weighted by Gasteiger charge is -2.16. The highest BCUT2D eigenvalue weighted by molar-refractivity contribution is 7.17. The van der Waals surface area contributed by atoms with Crippen LogP contribution in [0.15, 0.2) is 60.5 Å². The molecule has 4 rings (SSSR count). The van der Waals surface area contributed by atoms with E-state index in [-0.39, 0.29) is 18.0 Å². The summed E-state index contributed by atoms with van der Waals surface area (Å²) < 4.78 is 0.764. The van der Waals surface area contributed by atoms with Crippen molar-refractivity contribution in [2.24, 2.45) is 0 Å². The van der Waals surface area contributed by atoms with Crippen molar-refractivity contribution in [2.45, 2.75) is 25.9 Å². The van der Waals surface area contributed by atoms with Gasteiger partial charge in [-0.3, -0.25) is 14.8 Å². The van der Waals surface area contributed by atoms with Crippen molar-refractivity contribution < 1.29 is 4.79 Å². The molecule has 0 aromatic carbocycles. The lowest BCUT2D eigenvalue weighted by Crippen LogP contribution is -2.28. The SMILES string of the molecule is CC(NC(=O)c1nc(NC(C)c2cccnc2)nc2ccsc12)c1cccnc1. The fourth-order valence-corrected chi connectivity index (χ4v) is 3.79. The summed E-state index contributed by atoms with van der Waals surface area (Å²) in [5.41, 5.74) is 3.05. The minimum Gasteiger partial charge on any atom is -0.348 e. The minimum atomic E-state index is -0.242. The van der Waals surface area contributed by atoms with Crippen molar-refractivity contribution in [1.82, 2.24) is 25.3 Å². The Labute approximate surface area is 172 Å². The zero-order valence-corrected chi connectivity index (χ0v) is 16.9. The van der Waals surface area contributed by atoms with Crippen molar-refractivity contribution in [3.05, 3.63) is 77.3 Å². The molecule has 1 amide bonds. The van der Waals surface area contributed by atoms with Gasteiger partial charge in [-0.15, -0.1) is 11.3 Å². The number of hydrogen-bond donors (Lipinski definition) is 2. The van der Waals surface area contributed by atoms with Gasteiger partial charge in [0.05, 0.1) is 22.3 Å². The number of aromatic nitrogens is 4. The van der Waals surface area contributed by atoms with E-state index in [1.54, 1.807) is 24.8 Å². The summed E-state index contributed by atoms with van der Waals surface area (Å²) in [5, 5.41) is 8.19. The van der Waals surface area contributed by atoms with E-state index in [0.717, 1.165) is 21.3 Å². The number of nitrogens with zero attached hydrogens (tertiary/aromatic N) is 4. The molecule has 7 nitrogen and oxygen atoms in total. The second-order valence-electron chi connectivity index (χ2n) is 6.66. The predicted octanol–water partition coefficient (Wildman–Crippen LogP) is 4.15. The van der Waals surface area contributed by atoms with Crippen LogP contribution in [0.5, 0.6) is 0 Å². The molecule has 2 atom stereocenters. The van der Waals surface area contributed by atoms with Gasteiger partial charge in [0.1, 0.15) is 0 Å². The number of carbonyl (C=O) groups excluding carboxylic acids is 1. The van der Waals surface area contributed by atoms with Crippen LogP contribution in [0.25, 0.3) is 10.2 Å². The summed E-state index contributed by atoms with van der Waals surface area (Å²) in [6, 6.07) is 9.30. The molecule has 4 heterocycles. The molecular weight excluding hydrogens is 384 g/mol. The van der Waals surface area contributed by atoms with Crippen molar-refractivity contribution in [1.29, 1.82) is 0 Å². The highest BCUT2D eigenvalue weighted by atomic mass is 32.1. The molecule has 4 aromatic rings. The topological polar surface area (TPSA) is 92.7 Å². The molecule has 8 heteroatoms. The second kappa shape index (κ2) is 8.32. The molecule has 2 unspecified atom stereocenters. The maximum atomic E-state index is 13.0. The lowest BCUT2D eigenvalue weighted by molar-refractivity contribution is 0.0937. The standard InChI is InChI=1S/C21H20N6OS/c1-13(15-5-3-8-22-11-15)24-20(28)18-19-17(7-10-29-19)26-21(27-18)25-14(2)16-6-4-9-23-12-16/h3-14H,1-2H3,(H,24,28)(H,25,26,27). The quantitative estimate of drug-likeness (QED) is 0.502. The van der Waals surface area contributed by atoms with E-state index in [4.69, 9.17) is 0 Å². The monoisotopic (exact) mass is 404 g/mol. The van der Waals surface area contributed by atoms with Crippen LogP contribution in [-0.2, 0) is 0 Å². The number of amides is 1. The fraction of sp³-hybridized carbons (Fsp3) is 0.190. The van der Waals surface area contributed by atoms with E-state index in [9.17, 15) is 4.79 Å². The van der Waals surface area contributed by atoms with Crippen LogP contribution in [0, 0.1) is 0 Å². The molecule has 0 saturated carbocycles. The van der Waals surface area contributed by atoms with Gasteiger partial charge in [0.2, 0.25) is 5.95 Å². The first-order chi connectivity index (χ1) is 14.1. The summed E-state index contributed by atoms with van der Waals surface area (Å²) in [6.07, 6.45) is 6.98. The van der Waals surface area contributed by atoms with Gasteiger partial charge in [0.25, 0.3) is 5.91 Å². The van der Waals surface area contributed by atoms with Crippen LogP contribution in [0.4, 0.5) is 5.95 Å². The van der Waals surface area contributed by atoms with Gasteiger partial charge >= 0.3 is 0 Å². The van der Waals surface area contributed by atoms with E-state index >= 15 is 0 Å². The van der Waals surface area contributed by atoms with E-state index in [1.807, 2.05) is 49.6 Å². The van der Waals surface area contributed by atoms with Gasteiger partial charge < -0.3 is 10.6 Å². The number of carbonyl (C=O) groups is 1. The highest BCUT2D eigenvalue weighted by Crippen LogP contribution is 2.26. The van der Waals surface area contributed by atoms with Gasteiger partial charge in [-0.2, -0.15) is 0 Å². The number of nitrogens with one attached hydrogen (secondary N) is 2. The van der Waals surface area contributed by atoms with Crippen molar-refractivity contribution in [3.8, 4) is 0 Å². The van der Waals surface area contributed by atoms with Gasteiger partial charge in [-0.1, -0.05) is 12.1 Å². The zero-order valence-electron chi connectivity index (χ0n) is 16.0. The average Bonchev–Trinajstić information content (AvgIpc) is 3.23. The third-order valence-electron chi connectivity index (χ3n) is 4.58. The summed E-state index contributed by atoms with van der Waals surface area (Å²) in [4.78, 5) is 30.3. The summed E-state index contributed by atoms with van der Waals surface area (Å²) in [7, 11) is 0. The van der Waals surface area contributed by atoms with Crippen LogP contribution in [0.2, 0.25) is 0 Å². The molecule has 146 valence electrons. The third kappa shape index (κ3) is 4.22. The minimum absolute atomic E-state index is 0.0509. The number of fused-ring (bicyclic) bond motifs is 1. The number of rotatable bonds is 6. The van der Waals surface area contributed by atoms with Crippen molar-refractivity contribution in [3.63, 3.8) is 0 Å². The third-order valence-corrected chi connectivity index (χ3v) is 5.49. The number of pyridine rings is 2. The van der Waals surface area contributed by atoms with E-state index < -0.39 is 0 Å². The Morgan fingerprint density at radius 2 is 1.66 bits per heavy atom. The Kier molecular flexibility index (Phi) is 5.44. The maximum absolute atomic E-state index is 13.0. The molecule has 0 bridgehead atoms.